The average Bonchev–Trinajstić information content (AvgIpc) is 3.01. The predicted molar refractivity (Wildman–Crippen MR) is 90.2 cm³/mol. The minimum absolute atomic E-state index is 0.0262. The van der Waals surface area contributed by atoms with Crippen LogP contribution in [0.2, 0.25) is 0 Å². The lowest BCUT2D eigenvalue weighted by molar-refractivity contribution is -0.122. The maximum atomic E-state index is 12.1. The zero-order valence-corrected chi connectivity index (χ0v) is 14.0. The molecule has 0 saturated carbocycles. The number of benzene rings is 1. The van der Waals surface area contributed by atoms with Crippen molar-refractivity contribution in [1.29, 1.82) is 0 Å². The van der Waals surface area contributed by atoms with Gasteiger partial charge in [0.2, 0.25) is 5.91 Å². The van der Waals surface area contributed by atoms with E-state index in [4.69, 9.17) is 4.74 Å². The molecule has 118 valence electrons. The fourth-order valence-corrected chi connectivity index (χ4v) is 3.06. The Kier molecular flexibility index (Phi) is 5.98. The van der Waals surface area contributed by atoms with Gasteiger partial charge >= 0.3 is 0 Å². The average molecular weight is 318 g/mol. The van der Waals surface area contributed by atoms with Gasteiger partial charge < -0.3 is 10.1 Å². The van der Waals surface area contributed by atoms with Crippen molar-refractivity contribution < 1.29 is 9.53 Å². The molecule has 1 aromatic heterocycles. The summed E-state index contributed by atoms with van der Waals surface area (Å²) in [5, 5.41) is 5.05. The van der Waals surface area contributed by atoms with Crippen molar-refractivity contribution >= 4 is 17.2 Å². The maximum Gasteiger partial charge on any atom is 0.234 e. The number of hydrogen-bond donors (Lipinski definition) is 1. The summed E-state index contributed by atoms with van der Waals surface area (Å²) in [4.78, 5) is 15.3. The molecule has 1 aromatic carbocycles. The van der Waals surface area contributed by atoms with E-state index in [0.717, 1.165) is 11.3 Å². The highest BCUT2D eigenvalue weighted by Gasteiger charge is 2.13. The summed E-state index contributed by atoms with van der Waals surface area (Å²) in [6, 6.07) is 11.9. The fourth-order valence-electron chi connectivity index (χ4n) is 2.32. The molecule has 0 aliphatic rings. The van der Waals surface area contributed by atoms with E-state index in [1.807, 2.05) is 60.6 Å². The lowest BCUT2D eigenvalue weighted by Gasteiger charge is -2.19. The second-order valence-electron chi connectivity index (χ2n) is 5.29. The second kappa shape index (κ2) is 7.96. The summed E-state index contributed by atoms with van der Waals surface area (Å²) in [5.41, 5.74) is 1.08. The van der Waals surface area contributed by atoms with Crippen LogP contribution in [0.3, 0.4) is 0 Å². The Balaban J connectivity index is 1.86. The number of likely N-dealkylation sites (N-methyl/N-ethyl adjacent to an activating group) is 1. The first-order valence-electron chi connectivity index (χ1n) is 7.23. The highest BCUT2D eigenvalue weighted by Crippen LogP contribution is 2.19. The summed E-state index contributed by atoms with van der Waals surface area (Å²) < 4.78 is 5.34. The smallest absolute Gasteiger partial charge is 0.234 e. The van der Waals surface area contributed by atoms with Crippen LogP contribution >= 0.6 is 11.3 Å². The third kappa shape index (κ3) is 4.58. The Bertz CT molecular complexity index is 598. The van der Waals surface area contributed by atoms with Gasteiger partial charge in [0.1, 0.15) is 5.75 Å². The van der Waals surface area contributed by atoms with E-state index in [2.05, 4.69) is 5.32 Å². The van der Waals surface area contributed by atoms with Gasteiger partial charge in [-0.2, -0.15) is 0 Å². The summed E-state index contributed by atoms with van der Waals surface area (Å²) in [6.45, 7) is 3.03. The van der Waals surface area contributed by atoms with Crippen LogP contribution in [0.15, 0.2) is 41.8 Å². The first-order valence-corrected chi connectivity index (χ1v) is 8.11. The highest BCUT2D eigenvalue weighted by molar-refractivity contribution is 7.10. The van der Waals surface area contributed by atoms with E-state index in [9.17, 15) is 4.79 Å². The van der Waals surface area contributed by atoms with Crippen LogP contribution in [0.5, 0.6) is 5.75 Å². The number of nitrogens with one attached hydrogen (secondary N) is 1. The topological polar surface area (TPSA) is 41.6 Å². The molecule has 0 aliphatic carbocycles. The molecule has 0 bridgehead atoms. The Morgan fingerprint density at radius 2 is 2.09 bits per heavy atom. The first kappa shape index (κ1) is 16.5. The van der Waals surface area contributed by atoms with Crippen molar-refractivity contribution in [3.8, 4) is 5.75 Å². The van der Waals surface area contributed by atoms with E-state index in [1.165, 1.54) is 4.88 Å². The van der Waals surface area contributed by atoms with Gasteiger partial charge in [0.15, 0.2) is 0 Å². The molecular weight excluding hydrogens is 296 g/mol. The van der Waals surface area contributed by atoms with Gasteiger partial charge in [-0.15, -0.1) is 11.3 Å². The molecule has 5 heteroatoms. The second-order valence-corrected chi connectivity index (χ2v) is 6.27. The number of ether oxygens (including phenoxy) is 1. The van der Waals surface area contributed by atoms with Crippen molar-refractivity contribution in [2.75, 3.05) is 20.7 Å². The lowest BCUT2D eigenvalue weighted by Crippen LogP contribution is -2.36. The normalized spacial score (nSPS) is 12.2. The SMILES string of the molecule is COc1ccccc1CN(C)CC(=O)N[C@H](C)c1cccs1. The first-order chi connectivity index (χ1) is 10.6. The molecule has 2 rings (SSSR count). The van der Waals surface area contributed by atoms with Gasteiger partial charge in [-0.1, -0.05) is 24.3 Å². The molecule has 1 heterocycles. The van der Waals surface area contributed by atoms with Crippen molar-refractivity contribution in [2.24, 2.45) is 0 Å². The minimum atomic E-state index is 0.0262. The van der Waals surface area contributed by atoms with Crippen LogP contribution in [-0.4, -0.2) is 31.5 Å². The summed E-state index contributed by atoms with van der Waals surface area (Å²) in [6.07, 6.45) is 0. The monoisotopic (exact) mass is 318 g/mol. The highest BCUT2D eigenvalue weighted by atomic mass is 32.1. The Labute approximate surface area is 135 Å². The molecular formula is C17H22N2O2S. The van der Waals surface area contributed by atoms with Gasteiger partial charge in [-0.05, 0) is 31.5 Å². The van der Waals surface area contributed by atoms with Crippen LogP contribution in [0.25, 0.3) is 0 Å². The van der Waals surface area contributed by atoms with Crippen LogP contribution < -0.4 is 10.1 Å². The van der Waals surface area contributed by atoms with Gasteiger partial charge in [-0.3, -0.25) is 9.69 Å². The van der Waals surface area contributed by atoms with E-state index >= 15 is 0 Å². The summed E-state index contributed by atoms with van der Waals surface area (Å²) in [5.74, 6) is 0.875. The third-order valence-electron chi connectivity index (χ3n) is 3.39. The number of hydrogen-bond acceptors (Lipinski definition) is 4. The molecule has 1 N–H and O–H groups in total. The van der Waals surface area contributed by atoms with Crippen LogP contribution in [0, 0.1) is 0 Å². The Morgan fingerprint density at radius 1 is 1.32 bits per heavy atom. The minimum Gasteiger partial charge on any atom is -0.496 e. The third-order valence-corrected chi connectivity index (χ3v) is 4.45. The molecule has 0 fully saturated rings. The number of para-hydroxylation sites is 1. The molecule has 0 radical (unpaired) electrons. The number of carbonyl (C=O) groups is 1. The number of amides is 1. The summed E-state index contributed by atoms with van der Waals surface area (Å²) in [7, 11) is 3.59. The Morgan fingerprint density at radius 3 is 2.77 bits per heavy atom. The molecule has 22 heavy (non-hydrogen) atoms. The lowest BCUT2D eigenvalue weighted by atomic mass is 10.2. The fraction of sp³-hybridized carbons (Fsp3) is 0.353. The van der Waals surface area contributed by atoms with Crippen LogP contribution in [0.1, 0.15) is 23.4 Å². The van der Waals surface area contributed by atoms with Gasteiger partial charge in [-0.25, -0.2) is 0 Å². The van der Waals surface area contributed by atoms with E-state index in [-0.39, 0.29) is 11.9 Å². The van der Waals surface area contributed by atoms with Crippen molar-refractivity contribution in [1.82, 2.24) is 10.2 Å². The molecule has 0 spiro atoms. The number of thiophene rings is 1. The molecule has 0 saturated heterocycles. The standard InChI is InChI=1S/C17H22N2O2S/c1-13(16-9-6-10-22-16)18-17(20)12-19(2)11-14-7-4-5-8-15(14)21-3/h4-10,13H,11-12H2,1-3H3,(H,18,20)/t13-/m1/s1. The molecule has 2 aromatic rings. The molecule has 0 unspecified atom stereocenters. The van der Waals surface area contributed by atoms with Gasteiger partial charge in [0.05, 0.1) is 19.7 Å². The largest absolute Gasteiger partial charge is 0.496 e. The predicted octanol–water partition coefficient (Wildman–Crippen LogP) is 3.07. The number of nitrogens with zero attached hydrogens (tertiary/aromatic N) is 1. The zero-order valence-electron chi connectivity index (χ0n) is 13.2. The molecule has 1 amide bonds. The quantitative estimate of drug-likeness (QED) is 0.853. The van der Waals surface area contributed by atoms with Crippen molar-refractivity contribution in [3.05, 3.63) is 52.2 Å². The number of methoxy groups -OCH3 is 1. The van der Waals surface area contributed by atoms with E-state index in [0.29, 0.717) is 13.1 Å². The van der Waals surface area contributed by atoms with Gasteiger partial charge in [0.25, 0.3) is 0 Å². The van der Waals surface area contributed by atoms with Gasteiger partial charge in [0, 0.05) is 17.0 Å². The molecule has 4 nitrogen and oxygen atoms in total. The Hall–Kier alpha value is -1.85. The molecule has 1 atom stereocenters. The molecule has 0 aliphatic heterocycles. The van der Waals surface area contributed by atoms with Crippen LogP contribution in [-0.2, 0) is 11.3 Å². The zero-order chi connectivity index (χ0) is 15.9. The van der Waals surface area contributed by atoms with E-state index in [1.54, 1.807) is 18.4 Å². The number of carbonyl (C=O) groups excluding carboxylic acids is 1. The van der Waals surface area contributed by atoms with Crippen molar-refractivity contribution in [3.63, 3.8) is 0 Å². The van der Waals surface area contributed by atoms with Crippen molar-refractivity contribution in [2.45, 2.75) is 19.5 Å². The maximum absolute atomic E-state index is 12.1. The van der Waals surface area contributed by atoms with E-state index < -0.39 is 0 Å². The van der Waals surface area contributed by atoms with Crippen LogP contribution in [0.4, 0.5) is 0 Å². The number of rotatable bonds is 7. The summed E-state index contributed by atoms with van der Waals surface area (Å²) >= 11 is 1.65.